The summed E-state index contributed by atoms with van der Waals surface area (Å²) in [6.45, 7) is 0. The van der Waals surface area contributed by atoms with E-state index in [1.54, 1.807) is 12.1 Å². The van der Waals surface area contributed by atoms with Gasteiger partial charge >= 0.3 is 11.4 Å². The smallest absolute Gasteiger partial charge is 0.372 e. The van der Waals surface area contributed by atoms with E-state index in [0.717, 1.165) is 11.1 Å². The van der Waals surface area contributed by atoms with Gasteiger partial charge in [0.15, 0.2) is 0 Å². The van der Waals surface area contributed by atoms with Gasteiger partial charge < -0.3 is 4.42 Å². The molecule has 4 heteroatoms. The minimum Gasteiger partial charge on any atom is -0.372 e. The summed E-state index contributed by atoms with van der Waals surface area (Å²) in [6.07, 6.45) is 0. The lowest BCUT2D eigenvalue weighted by Crippen LogP contribution is -2.14. The number of H-pyrrole nitrogens is 1. The molecule has 0 radical (unpaired) electrons. The van der Waals surface area contributed by atoms with Crippen LogP contribution in [0.1, 0.15) is 0 Å². The zero-order valence-electron chi connectivity index (χ0n) is 9.34. The molecule has 1 aromatic heterocycles. The van der Waals surface area contributed by atoms with E-state index >= 15 is 0 Å². The van der Waals surface area contributed by atoms with E-state index in [4.69, 9.17) is 0 Å². The van der Waals surface area contributed by atoms with Crippen LogP contribution in [0.25, 0.3) is 22.0 Å². The second kappa shape index (κ2) is 4.00. The molecule has 0 aliphatic rings. The minimum absolute atomic E-state index is 0.371. The summed E-state index contributed by atoms with van der Waals surface area (Å²) in [5.74, 6) is -0.736. The van der Waals surface area contributed by atoms with E-state index in [1.165, 1.54) is 0 Å². The lowest BCUT2D eigenvalue weighted by atomic mass is 10.0. The lowest BCUT2D eigenvalue weighted by Gasteiger charge is -2.02. The van der Waals surface area contributed by atoms with Gasteiger partial charge in [-0.2, -0.15) is 0 Å². The fourth-order valence-electron chi connectivity index (χ4n) is 1.91. The van der Waals surface area contributed by atoms with Gasteiger partial charge in [-0.25, -0.2) is 9.59 Å². The van der Waals surface area contributed by atoms with E-state index < -0.39 is 11.4 Å². The standard InChI is InChI=1S/C14H9NO3/c16-13-11-8-10(9-4-2-1-3-5-9)6-7-12(11)15-14(17)18-13/h1-8H,(H,15,17). The van der Waals surface area contributed by atoms with Crippen molar-refractivity contribution in [3.63, 3.8) is 0 Å². The van der Waals surface area contributed by atoms with Crippen molar-refractivity contribution in [1.29, 1.82) is 0 Å². The van der Waals surface area contributed by atoms with Crippen LogP contribution in [-0.2, 0) is 0 Å². The zero-order valence-corrected chi connectivity index (χ0v) is 9.34. The molecule has 0 fully saturated rings. The van der Waals surface area contributed by atoms with Crippen LogP contribution in [0.4, 0.5) is 0 Å². The molecule has 0 bridgehead atoms. The van der Waals surface area contributed by atoms with Crippen molar-refractivity contribution in [2.45, 2.75) is 0 Å². The Bertz CT molecular complexity index is 816. The SMILES string of the molecule is O=c1[nH]c2ccc(-c3ccccc3)cc2c(=O)o1. The van der Waals surface area contributed by atoms with Gasteiger partial charge in [0.05, 0.1) is 10.9 Å². The maximum atomic E-state index is 11.6. The second-order valence-electron chi connectivity index (χ2n) is 3.93. The lowest BCUT2D eigenvalue weighted by molar-refractivity contribution is 0.460. The normalized spacial score (nSPS) is 10.7. The predicted molar refractivity (Wildman–Crippen MR) is 68.5 cm³/mol. The van der Waals surface area contributed by atoms with E-state index in [-0.39, 0.29) is 0 Å². The summed E-state index contributed by atoms with van der Waals surface area (Å²) in [4.78, 5) is 25.1. The summed E-state index contributed by atoms with van der Waals surface area (Å²) < 4.78 is 4.51. The Morgan fingerprint density at radius 1 is 0.889 bits per heavy atom. The molecule has 0 saturated carbocycles. The first-order chi connectivity index (χ1) is 8.74. The van der Waals surface area contributed by atoms with Crippen molar-refractivity contribution in [3.8, 4) is 11.1 Å². The van der Waals surface area contributed by atoms with Crippen LogP contribution in [0.2, 0.25) is 0 Å². The molecule has 0 spiro atoms. The van der Waals surface area contributed by atoms with Gasteiger partial charge in [0.25, 0.3) is 0 Å². The van der Waals surface area contributed by atoms with Crippen LogP contribution in [0.5, 0.6) is 0 Å². The van der Waals surface area contributed by atoms with Gasteiger partial charge in [-0.05, 0) is 23.3 Å². The summed E-state index contributed by atoms with van der Waals surface area (Å²) in [5.41, 5.74) is 1.77. The molecule has 2 aromatic carbocycles. The summed E-state index contributed by atoms with van der Waals surface area (Å²) in [5, 5.41) is 0.371. The predicted octanol–water partition coefficient (Wildman–Crippen LogP) is 2.15. The van der Waals surface area contributed by atoms with Gasteiger partial charge in [-0.3, -0.25) is 4.98 Å². The Labute approximate surface area is 102 Å². The van der Waals surface area contributed by atoms with Crippen LogP contribution in [0.15, 0.2) is 62.5 Å². The first-order valence-corrected chi connectivity index (χ1v) is 5.47. The fourth-order valence-corrected chi connectivity index (χ4v) is 1.91. The van der Waals surface area contributed by atoms with Gasteiger partial charge in [0, 0.05) is 0 Å². The minimum atomic E-state index is -0.736. The number of benzene rings is 2. The topological polar surface area (TPSA) is 63.1 Å². The molecule has 0 saturated heterocycles. The van der Waals surface area contributed by atoms with E-state index in [2.05, 4.69) is 9.40 Å². The summed E-state index contributed by atoms with van der Waals surface area (Å²) >= 11 is 0. The second-order valence-corrected chi connectivity index (χ2v) is 3.93. The Balaban J connectivity index is 2.30. The largest absolute Gasteiger partial charge is 0.419 e. The zero-order chi connectivity index (χ0) is 12.5. The molecule has 3 rings (SSSR count). The Hall–Kier alpha value is -2.62. The molecule has 0 aliphatic carbocycles. The Morgan fingerprint density at radius 2 is 1.67 bits per heavy atom. The molecule has 1 heterocycles. The van der Waals surface area contributed by atoms with Crippen LogP contribution in [0.3, 0.4) is 0 Å². The molecule has 0 amide bonds. The van der Waals surface area contributed by atoms with Crippen LogP contribution >= 0.6 is 0 Å². The molecular formula is C14H9NO3. The van der Waals surface area contributed by atoms with Crippen molar-refractivity contribution in [3.05, 3.63) is 69.5 Å². The third kappa shape index (κ3) is 1.73. The first kappa shape index (κ1) is 10.5. The molecule has 0 atom stereocenters. The summed E-state index contributed by atoms with van der Waals surface area (Å²) in [7, 11) is 0. The average molecular weight is 239 g/mol. The Kier molecular flexibility index (Phi) is 2.34. The molecule has 88 valence electrons. The van der Waals surface area contributed by atoms with Gasteiger partial charge in [-0.15, -0.1) is 0 Å². The maximum absolute atomic E-state index is 11.6. The molecular weight excluding hydrogens is 230 g/mol. The highest BCUT2D eigenvalue weighted by atomic mass is 16.4. The highest BCUT2D eigenvalue weighted by Gasteiger charge is 2.04. The third-order valence-electron chi connectivity index (χ3n) is 2.77. The quantitative estimate of drug-likeness (QED) is 0.707. The van der Waals surface area contributed by atoms with Crippen LogP contribution in [0, 0.1) is 0 Å². The average Bonchev–Trinajstić information content (AvgIpc) is 2.39. The first-order valence-electron chi connectivity index (χ1n) is 5.47. The van der Waals surface area contributed by atoms with Crippen molar-refractivity contribution in [2.24, 2.45) is 0 Å². The molecule has 18 heavy (non-hydrogen) atoms. The van der Waals surface area contributed by atoms with E-state index in [1.807, 2.05) is 36.4 Å². The van der Waals surface area contributed by atoms with Crippen molar-refractivity contribution in [2.75, 3.05) is 0 Å². The molecule has 0 unspecified atom stereocenters. The molecule has 0 aliphatic heterocycles. The monoisotopic (exact) mass is 239 g/mol. The van der Waals surface area contributed by atoms with Crippen molar-refractivity contribution < 1.29 is 4.42 Å². The number of nitrogens with one attached hydrogen (secondary N) is 1. The Morgan fingerprint density at radius 3 is 2.44 bits per heavy atom. The number of aromatic amines is 1. The number of aromatic nitrogens is 1. The highest BCUT2D eigenvalue weighted by Crippen LogP contribution is 2.21. The number of rotatable bonds is 1. The van der Waals surface area contributed by atoms with E-state index in [9.17, 15) is 9.59 Å². The number of hydrogen-bond acceptors (Lipinski definition) is 3. The van der Waals surface area contributed by atoms with Crippen LogP contribution < -0.4 is 11.4 Å². The fraction of sp³-hybridized carbons (Fsp3) is 0. The van der Waals surface area contributed by atoms with Crippen LogP contribution in [-0.4, -0.2) is 4.98 Å². The van der Waals surface area contributed by atoms with Crippen molar-refractivity contribution >= 4 is 10.9 Å². The van der Waals surface area contributed by atoms with Gasteiger partial charge in [-0.1, -0.05) is 36.4 Å². The van der Waals surface area contributed by atoms with Crippen molar-refractivity contribution in [1.82, 2.24) is 4.98 Å². The van der Waals surface area contributed by atoms with Gasteiger partial charge in [0.1, 0.15) is 0 Å². The van der Waals surface area contributed by atoms with E-state index in [0.29, 0.717) is 10.9 Å². The number of fused-ring (bicyclic) bond motifs is 1. The molecule has 1 N–H and O–H groups in total. The molecule has 3 aromatic rings. The third-order valence-corrected chi connectivity index (χ3v) is 2.77. The van der Waals surface area contributed by atoms with Gasteiger partial charge in [0.2, 0.25) is 0 Å². The number of hydrogen-bond donors (Lipinski definition) is 1. The summed E-state index contributed by atoms with van der Waals surface area (Å²) in [6, 6.07) is 15.0. The maximum Gasteiger partial charge on any atom is 0.419 e. The highest BCUT2D eigenvalue weighted by molar-refractivity contribution is 5.83. The molecule has 4 nitrogen and oxygen atoms in total.